The number of aromatic amines is 1. The van der Waals surface area contributed by atoms with Crippen LogP contribution in [-0.4, -0.2) is 43.7 Å². The molecular weight excluding hydrogens is 496 g/mol. The number of aromatic nitrogens is 4. The fourth-order valence-electron chi connectivity index (χ4n) is 3.86. The number of amides is 1. The molecule has 0 fully saturated rings. The van der Waals surface area contributed by atoms with E-state index < -0.39 is 0 Å². The number of carbonyl (C=O) groups excluding carboxylic acids is 1. The van der Waals surface area contributed by atoms with Gasteiger partial charge in [-0.2, -0.15) is 9.61 Å². The molecule has 3 aromatic heterocycles. The number of H-pyrrole nitrogens is 1. The Bertz CT molecular complexity index is 1480. The second-order valence-corrected chi connectivity index (χ2v) is 8.80. The predicted molar refractivity (Wildman–Crippen MR) is 136 cm³/mol. The lowest BCUT2D eigenvalue weighted by Gasteiger charge is -2.12. The molecule has 4 N–H and O–H groups in total. The molecule has 0 aliphatic rings. The van der Waals surface area contributed by atoms with E-state index >= 15 is 0 Å². The normalized spacial score (nSPS) is 11.2. The first-order valence-corrected chi connectivity index (χ1v) is 11.8. The zero-order valence-corrected chi connectivity index (χ0v) is 19.8. The second-order valence-electron chi connectivity index (χ2n) is 7.94. The lowest BCUT2D eigenvalue weighted by atomic mass is 10.1. The van der Waals surface area contributed by atoms with Crippen LogP contribution in [-0.2, 0) is 0 Å². The number of phenolic OH excluding ortho intramolecular Hbond substituents is 1. The van der Waals surface area contributed by atoms with Gasteiger partial charge in [0.25, 0.3) is 5.91 Å². The van der Waals surface area contributed by atoms with Crippen LogP contribution in [0.15, 0.2) is 71.5 Å². The van der Waals surface area contributed by atoms with Gasteiger partial charge in [-0.3, -0.25) is 4.79 Å². The summed E-state index contributed by atoms with van der Waals surface area (Å²) in [4.78, 5) is 20.2. The summed E-state index contributed by atoms with van der Waals surface area (Å²) in [5.41, 5.74) is 3.64. The van der Waals surface area contributed by atoms with E-state index in [0.717, 1.165) is 34.0 Å². The minimum atomic E-state index is -0.0689. The highest BCUT2D eigenvalue weighted by Crippen LogP contribution is 2.31. The monoisotopic (exact) mass is 518 g/mol. The van der Waals surface area contributed by atoms with Crippen LogP contribution in [0, 0.1) is 0 Å². The average Bonchev–Trinajstić information content (AvgIpc) is 3.47. The summed E-state index contributed by atoms with van der Waals surface area (Å²) >= 11 is 3.49. The maximum atomic E-state index is 12.4. The SMILES string of the molecule is O=C(NCCCCNc1cc(-c2ccccc2O)nc2c(Br)cnn12)c1ccc2[nH]ccc2c1. The molecule has 0 saturated carbocycles. The fourth-order valence-corrected chi connectivity index (χ4v) is 4.20. The predicted octanol–water partition coefficient (Wildman–Crippen LogP) is 4.97. The molecule has 5 aromatic rings. The topological polar surface area (TPSA) is 107 Å². The Balaban J connectivity index is 1.19. The number of nitrogens with one attached hydrogen (secondary N) is 3. The molecule has 5 rings (SSSR count). The van der Waals surface area contributed by atoms with E-state index in [1.165, 1.54) is 0 Å². The Morgan fingerprint density at radius 1 is 1.09 bits per heavy atom. The Labute approximate surface area is 204 Å². The number of carbonyl (C=O) groups is 1. The van der Waals surface area contributed by atoms with Gasteiger partial charge in [0.15, 0.2) is 5.65 Å². The van der Waals surface area contributed by atoms with Gasteiger partial charge in [0.2, 0.25) is 0 Å². The number of unbranched alkanes of at least 4 members (excludes halogenated alkanes) is 1. The maximum absolute atomic E-state index is 12.4. The minimum absolute atomic E-state index is 0.0689. The van der Waals surface area contributed by atoms with Crippen molar-refractivity contribution < 1.29 is 9.90 Å². The Hall–Kier alpha value is -3.85. The number of rotatable bonds is 8. The Kier molecular flexibility index (Phi) is 6.18. The molecule has 0 unspecified atom stereocenters. The van der Waals surface area contributed by atoms with Crippen molar-refractivity contribution in [3.05, 3.63) is 77.0 Å². The summed E-state index contributed by atoms with van der Waals surface area (Å²) in [6, 6.07) is 16.6. The molecule has 172 valence electrons. The van der Waals surface area contributed by atoms with Crippen LogP contribution in [0.1, 0.15) is 23.2 Å². The summed E-state index contributed by atoms with van der Waals surface area (Å²) in [6.45, 7) is 1.29. The lowest BCUT2D eigenvalue weighted by molar-refractivity contribution is 0.0953. The van der Waals surface area contributed by atoms with Crippen molar-refractivity contribution in [2.24, 2.45) is 0 Å². The fraction of sp³-hybridized carbons (Fsp3) is 0.160. The number of fused-ring (bicyclic) bond motifs is 2. The van der Waals surface area contributed by atoms with Crippen molar-refractivity contribution in [2.75, 3.05) is 18.4 Å². The maximum Gasteiger partial charge on any atom is 0.251 e. The molecular formula is C25H23BrN6O2. The molecule has 1 amide bonds. The first-order chi connectivity index (χ1) is 16.6. The van der Waals surface area contributed by atoms with Crippen LogP contribution >= 0.6 is 15.9 Å². The van der Waals surface area contributed by atoms with Gasteiger partial charge in [-0.25, -0.2) is 4.98 Å². The van der Waals surface area contributed by atoms with Gasteiger partial charge in [0.1, 0.15) is 11.6 Å². The van der Waals surface area contributed by atoms with E-state index in [1.54, 1.807) is 22.8 Å². The van der Waals surface area contributed by atoms with Crippen LogP contribution in [0.25, 0.3) is 27.8 Å². The number of halogens is 1. The van der Waals surface area contributed by atoms with Gasteiger partial charge >= 0.3 is 0 Å². The number of para-hydroxylation sites is 1. The number of benzene rings is 2. The molecule has 8 nitrogen and oxygen atoms in total. The van der Waals surface area contributed by atoms with E-state index in [1.807, 2.05) is 48.7 Å². The highest BCUT2D eigenvalue weighted by Gasteiger charge is 2.13. The molecule has 0 aliphatic heterocycles. The van der Waals surface area contributed by atoms with Crippen molar-refractivity contribution in [3.8, 4) is 17.0 Å². The summed E-state index contributed by atoms with van der Waals surface area (Å²) in [6.07, 6.45) is 5.25. The summed E-state index contributed by atoms with van der Waals surface area (Å²) in [7, 11) is 0. The number of anilines is 1. The molecule has 2 aromatic carbocycles. The van der Waals surface area contributed by atoms with Gasteiger partial charge in [-0.1, -0.05) is 12.1 Å². The Morgan fingerprint density at radius 3 is 2.82 bits per heavy atom. The highest BCUT2D eigenvalue weighted by molar-refractivity contribution is 9.10. The van der Waals surface area contributed by atoms with Crippen molar-refractivity contribution in [1.82, 2.24) is 24.9 Å². The standard InChI is InChI=1S/C25H23BrN6O2/c26-19-15-30-32-23(14-21(31-24(19)32)18-5-1-2-6-22(18)33)28-10-3-4-11-29-25(34)17-7-8-20-16(13-17)9-12-27-20/h1-2,5-9,12-15,27-28,33H,3-4,10-11H2,(H,29,34). The minimum Gasteiger partial charge on any atom is -0.507 e. The van der Waals surface area contributed by atoms with E-state index in [9.17, 15) is 9.90 Å². The average molecular weight is 519 g/mol. The smallest absolute Gasteiger partial charge is 0.251 e. The second kappa shape index (κ2) is 9.56. The molecule has 0 spiro atoms. The third-order valence-electron chi connectivity index (χ3n) is 5.62. The van der Waals surface area contributed by atoms with Gasteiger partial charge < -0.3 is 20.7 Å². The molecule has 9 heteroatoms. The first kappa shape index (κ1) is 22.0. The van der Waals surface area contributed by atoms with Crippen LogP contribution < -0.4 is 10.6 Å². The zero-order valence-electron chi connectivity index (χ0n) is 18.3. The third-order valence-corrected chi connectivity index (χ3v) is 6.18. The molecule has 0 bridgehead atoms. The van der Waals surface area contributed by atoms with Gasteiger partial charge in [0.05, 0.1) is 16.4 Å². The largest absolute Gasteiger partial charge is 0.507 e. The van der Waals surface area contributed by atoms with E-state index in [2.05, 4.69) is 41.6 Å². The highest BCUT2D eigenvalue weighted by atomic mass is 79.9. The van der Waals surface area contributed by atoms with Crippen LogP contribution in [0.5, 0.6) is 5.75 Å². The zero-order chi connectivity index (χ0) is 23.5. The molecule has 0 atom stereocenters. The quantitative estimate of drug-likeness (QED) is 0.217. The van der Waals surface area contributed by atoms with Gasteiger partial charge in [-0.15, -0.1) is 0 Å². The lowest BCUT2D eigenvalue weighted by Crippen LogP contribution is -2.24. The van der Waals surface area contributed by atoms with Crippen molar-refractivity contribution in [1.29, 1.82) is 0 Å². The molecule has 0 radical (unpaired) electrons. The van der Waals surface area contributed by atoms with Crippen LogP contribution in [0.2, 0.25) is 0 Å². The first-order valence-electron chi connectivity index (χ1n) is 11.0. The van der Waals surface area contributed by atoms with E-state index in [0.29, 0.717) is 35.6 Å². The number of aromatic hydroxyl groups is 1. The number of nitrogens with zero attached hydrogens (tertiary/aromatic N) is 3. The summed E-state index contributed by atoms with van der Waals surface area (Å²) < 4.78 is 2.50. The van der Waals surface area contributed by atoms with Gasteiger partial charge in [0, 0.05) is 47.4 Å². The van der Waals surface area contributed by atoms with Crippen molar-refractivity contribution in [2.45, 2.75) is 12.8 Å². The molecule has 34 heavy (non-hydrogen) atoms. The molecule has 0 aliphatic carbocycles. The number of phenols is 1. The summed E-state index contributed by atoms with van der Waals surface area (Å²) in [5.74, 6) is 0.880. The molecule has 0 saturated heterocycles. The van der Waals surface area contributed by atoms with Crippen LogP contribution in [0.3, 0.4) is 0 Å². The van der Waals surface area contributed by atoms with Crippen molar-refractivity contribution in [3.63, 3.8) is 0 Å². The Morgan fingerprint density at radius 2 is 1.94 bits per heavy atom. The summed E-state index contributed by atoms with van der Waals surface area (Å²) in [5, 5.41) is 22.1. The van der Waals surface area contributed by atoms with E-state index in [4.69, 9.17) is 0 Å². The third kappa shape index (κ3) is 4.47. The van der Waals surface area contributed by atoms with Gasteiger partial charge in [-0.05, 0) is 65.2 Å². The number of hydrogen-bond donors (Lipinski definition) is 4. The van der Waals surface area contributed by atoms with Crippen LogP contribution in [0.4, 0.5) is 5.82 Å². The van der Waals surface area contributed by atoms with Crippen molar-refractivity contribution >= 4 is 44.2 Å². The van der Waals surface area contributed by atoms with E-state index in [-0.39, 0.29) is 11.7 Å². The molecule has 3 heterocycles. The number of hydrogen-bond acceptors (Lipinski definition) is 5.